The smallest absolute Gasteiger partial charge is 0.309 e. The van der Waals surface area contributed by atoms with Crippen LogP contribution in [0.3, 0.4) is 0 Å². The molecule has 1 aromatic heterocycles. The summed E-state index contributed by atoms with van der Waals surface area (Å²) in [5, 5.41) is 8.37. The number of aryl methyl sites for hydroxylation is 1. The predicted octanol–water partition coefficient (Wildman–Crippen LogP) is 7.36. The molecule has 1 N–H and O–H groups in total. The first-order chi connectivity index (χ1) is 20.3. The van der Waals surface area contributed by atoms with E-state index in [1.165, 1.54) is 6.92 Å². The van der Waals surface area contributed by atoms with Crippen molar-refractivity contribution >= 4 is 29.2 Å². The first-order valence-electron chi connectivity index (χ1n) is 13.1. The van der Waals surface area contributed by atoms with E-state index < -0.39 is 5.97 Å². The van der Waals surface area contributed by atoms with Gasteiger partial charge in [0, 0.05) is 28.8 Å². The zero-order valence-electron chi connectivity index (χ0n) is 23.5. The van der Waals surface area contributed by atoms with E-state index in [0.29, 0.717) is 39.0 Å². The molecule has 0 fully saturated rings. The number of anilines is 1. The highest BCUT2D eigenvalue weighted by atomic mass is 35.5. The quantitative estimate of drug-likeness (QED) is 0.192. The van der Waals surface area contributed by atoms with Crippen LogP contribution in [0.5, 0.6) is 17.4 Å². The van der Waals surface area contributed by atoms with Gasteiger partial charge >= 0.3 is 5.97 Å². The molecule has 5 aromatic rings. The average Bonchev–Trinajstić information content (AvgIpc) is 3.36. The second-order valence-corrected chi connectivity index (χ2v) is 9.91. The maximum atomic E-state index is 12.7. The molecule has 42 heavy (non-hydrogen) atoms. The molecule has 0 bridgehead atoms. The highest BCUT2D eigenvalue weighted by Crippen LogP contribution is 2.43. The van der Waals surface area contributed by atoms with Crippen molar-refractivity contribution in [2.24, 2.45) is 0 Å². The number of hydrogen-bond acceptors (Lipinski definition) is 6. The second kappa shape index (κ2) is 12.2. The monoisotopic (exact) mass is 581 g/mol. The third-order valence-corrected chi connectivity index (χ3v) is 6.81. The van der Waals surface area contributed by atoms with Gasteiger partial charge in [-0.05, 0) is 79.2 Å². The van der Waals surface area contributed by atoms with E-state index >= 15 is 0 Å². The summed E-state index contributed by atoms with van der Waals surface area (Å²) >= 11 is 5.95. The average molecular weight is 582 g/mol. The topological polar surface area (TPSA) is 91.7 Å². The van der Waals surface area contributed by atoms with Crippen LogP contribution in [0.15, 0.2) is 91.0 Å². The lowest BCUT2D eigenvalue weighted by molar-refractivity contribution is -0.132. The molecule has 0 unspecified atom stereocenters. The summed E-state index contributed by atoms with van der Waals surface area (Å²) in [5.74, 6) is 0.601. The fraction of sp³-hybridized carbons (Fsp3) is 0.121. The van der Waals surface area contributed by atoms with Crippen molar-refractivity contribution in [3.8, 4) is 45.5 Å². The van der Waals surface area contributed by atoms with Crippen molar-refractivity contribution in [3.05, 3.63) is 107 Å². The number of methoxy groups -OCH3 is 2. The Morgan fingerprint density at radius 2 is 1.45 bits per heavy atom. The largest absolute Gasteiger partial charge is 0.493 e. The van der Waals surface area contributed by atoms with Crippen LogP contribution >= 0.6 is 11.6 Å². The number of esters is 1. The molecule has 1 amide bonds. The number of aromatic nitrogens is 2. The second-order valence-electron chi connectivity index (χ2n) is 9.48. The number of benzene rings is 4. The third kappa shape index (κ3) is 5.99. The van der Waals surface area contributed by atoms with Crippen molar-refractivity contribution in [1.29, 1.82) is 0 Å². The molecule has 0 aliphatic carbocycles. The Bertz CT molecular complexity index is 1750. The third-order valence-electron chi connectivity index (χ3n) is 6.56. The van der Waals surface area contributed by atoms with Gasteiger partial charge in [0.25, 0.3) is 5.91 Å². The maximum absolute atomic E-state index is 12.7. The van der Waals surface area contributed by atoms with Crippen LogP contribution in [0.2, 0.25) is 5.02 Å². The van der Waals surface area contributed by atoms with Gasteiger partial charge in [-0.2, -0.15) is 9.78 Å². The van der Waals surface area contributed by atoms with Crippen molar-refractivity contribution < 1.29 is 23.8 Å². The molecule has 0 saturated heterocycles. The van der Waals surface area contributed by atoms with Gasteiger partial charge in [-0.1, -0.05) is 41.4 Å². The van der Waals surface area contributed by atoms with E-state index in [0.717, 1.165) is 22.4 Å². The van der Waals surface area contributed by atoms with Gasteiger partial charge in [0.2, 0.25) is 5.88 Å². The van der Waals surface area contributed by atoms with Gasteiger partial charge in [-0.3, -0.25) is 9.59 Å². The summed E-state index contributed by atoms with van der Waals surface area (Å²) in [5.41, 5.74) is 5.47. The molecule has 1 heterocycles. The van der Waals surface area contributed by atoms with E-state index in [1.807, 2.05) is 55.5 Å². The molecule has 0 spiro atoms. The molecule has 0 aliphatic rings. The first-order valence-corrected chi connectivity index (χ1v) is 13.4. The number of nitrogens with one attached hydrogen (secondary N) is 1. The van der Waals surface area contributed by atoms with Crippen molar-refractivity contribution in [2.45, 2.75) is 13.8 Å². The Morgan fingerprint density at radius 1 is 0.810 bits per heavy atom. The Labute approximate surface area is 248 Å². The molecule has 4 aromatic carbocycles. The lowest BCUT2D eigenvalue weighted by atomic mass is 10.0. The lowest BCUT2D eigenvalue weighted by Gasteiger charge is -2.11. The number of nitrogens with zero attached hydrogens (tertiary/aromatic N) is 2. The summed E-state index contributed by atoms with van der Waals surface area (Å²) in [4.78, 5) is 25.1. The molecule has 212 valence electrons. The molecular formula is C33H28ClN3O5. The van der Waals surface area contributed by atoms with Crippen LogP contribution in [0.4, 0.5) is 5.69 Å². The number of rotatable bonds is 8. The van der Waals surface area contributed by atoms with Crippen LogP contribution < -0.4 is 19.5 Å². The number of carbonyl (C=O) groups is 2. The molecule has 0 saturated carbocycles. The predicted molar refractivity (Wildman–Crippen MR) is 163 cm³/mol. The van der Waals surface area contributed by atoms with Gasteiger partial charge in [0.1, 0.15) is 5.69 Å². The number of carbonyl (C=O) groups excluding carboxylic acids is 2. The van der Waals surface area contributed by atoms with E-state index in [9.17, 15) is 9.59 Å². The van der Waals surface area contributed by atoms with Crippen LogP contribution in [-0.2, 0) is 4.79 Å². The van der Waals surface area contributed by atoms with Crippen molar-refractivity contribution in [3.63, 3.8) is 0 Å². The van der Waals surface area contributed by atoms with Crippen molar-refractivity contribution in [1.82, 2.24) is 9.78 Å². The number of ether oxygens (including phenoxy) is 3. The Kier molecular flexibility index (Phi) is 8.26. The highest BCUT2D eigenvalue weighted by Gasteiger charge is 2.25. The van der Waals surface area contributed by atoms with E-state index in [2.05, 4.69) is 5.32 Å². The highest BCUT2D eigenvalue weighted by molar-refractivity contribution is 6.30. The molecule has 9 heteroatoms. The Balaban J connectivity index is 1.63. The minimum absolute atomic E-state index is 0.258. The first kappa shape index (κ1) is 28.4. The minimum Gasteiger partial charge on any atom is -0.493 e. The fourth-order valence-electron chi connectivity index (χ4n) is 4.46. The fourth-order valence-corrected chi connectivity index (χ4v) is 4.59. The summed E-state index contributed by atoms with van der Waals surface area (Å²) in [6, 6.07) is 27.1. The molecule has 8 nitrogen and oxygen atoms in total. The van der Waals surface area contributed by atoms with Crippen LogP contribution in [0.25, 0.3) is 28.1 Å². The number of hydrogen-bond donors (Lipinski definition) is 1. The standard InChI is InChI=1S/C33H28ClN3O5/c1-20-5-16-27(17-6-20)37-33(42-21(2)38)30(31(36-37)24-11-18-28(40-3)29(19-24)41-4)22-9-14-26(15-10-22)35-32(39)23-7-12-25(34)13-8-23/h5-19H,1-4H3,(H,35,39). The number of halogens is 1. The van der Waals surface area contributed by atoms with Crippen LogP contribution in [0, 0.1) is 6.92 Å². The molecular weight excluding hydrogens is 554 g/mol. The van der Waals surface area contributed by atoms with Crippen molar-refractivity contribution in [2.75, 3.05) is 19.5 Å². The zero-order chi connectivity index (χ0) is 29.8. The minimum atomic E-state index is -0.491. The molecule has 5 rings (SSSR count). The van der Waals surface area contributed by atoms with E-state index in [1.54, 1.807) is 61.4 Å². The SMILES string of the molecule is COc1ccc(-c2nn(-c3ccc(C)cc3)c(OC(C)=O)c2-c2ccc(NC(=O)c3ccc(Cl)cc3)cc2)cc1OC. The summed E-state index contributed by atoms with van der Waals surface area (Å²) in [6.07, 6.45) is 0. The van der Waals surface area contributed by atoms with Crippen LogP contribution in [-0.4, -0.2) is 35.9 Å². The molecule has 0 atom stereocenters. The van der Waals surface area contributed by atoms with E-state index in [4.69, 9.17) is 30.9 Å². The normalized spacial score (nSPS) is 10.7. The Hall–Kier alpha value is -5.08. The Morgan fingerprint density at radius 3 is 2.07 bits per heavy atom. The summed E-state index contributed by atoms with van der Waals surface area (Å²) in [6.45, 7) is 3.34. The van der Waals surface area contributed by atoms with Gasteiger partial charge in [-0.15, -0.1) is 0 Å². The van der Waals surface area contributed by atoms with E-state index in [-0.39, 0.29) is 11.8 Å². The number of amides is 1. The summed E-state index contributed by atoms with van der Waals surface area (Å²) in [7, 11) is 3.13. The van der Waals surface area contributed by atoms with Gasteiger partial charge in [0.05, 0.1) is 25.5 Å². The van der Waals surface area contributed by atoms with Crippen LogP contribution in [0.1, 0.15) is 22.8 Å². The van der Waals surface area contributed by atoms with Gasteiger partial charge in [-0.25, -0.2) is 0 Å². The zero-order valence-corrected chi connectivity index (χ0v) is 24.2. The summed E-state index contributed by atoms with van der Waals surface area (Å²) < 4.78 is 18.4. The molecule has 0 radical (unpaired) electrons. The van der Waals surface area contributed by atoms with Gasteiger partial charge < -0.3 is 19.5 Å². The van der Waals surface area contributed by atoms with Gasteiger partial charge in [0.15, 0.2) is 11.5 Å². The molecule has 0 aliphatic heterocycles. The maximum Gasteiger partial charge on any atom is 0.309 e. The lowest BCUT2D eigenvalue weighted by Crippen LogP contribution is -2.11.